The molecule has 0 saturated heterocycles. The van der Waals surface area contributed by atoms with Crippen molar-refractivity contribution in [3.63, 3.8) is 0 Å². The van der Waals surface area contributed by atoms with Crippen LogP contribution in [0.4, 0.5) is 0 Å². The molecule has 0 radical (unpaired) electrons. The summed E-state index contributed by atoms with van der Waals surface area (Å²) in [6, 6.07) is 1.20. The molecule has 1 heterocycles. The van der Waals surface area contributed by atoms with E-state index in [2.05, 4.69) is 5.32 Å². The van der Waals surface area contributed by atoms with Gasteiger partial charge in [0.25, 0.3) is 15.9 Å². The fourth-order valence-electron chi connectivity index (χ4n) is 1.98. The first-order chi connectivity index (χ1) is 9.73. The van der Waals surface area contributed by atoms with E-state index in [0.29, 0.717) is 12.5 Å². The Hall–Kier alpha value is -1.09. The molecule has 1 saturated carbocycles. The molecule has 1 unspecified atom stereocenters. The van der Waals surface area contributed by atoms with Gasteiger partial charge in [-0.25, -0.2) is 12.7 Å². The monoisotopic (exact) mass is 351 g/mol. The number of nitrogens with two attached hydrogens (primary N) is 1. The fraction of sp³-hybridized carbons (Fsp3) is 0.615. The largest absolute Gasteiger partial charge is 0.448 e. The van der Waals surface area contributed by atoms with Gasteiger partial charge >= 0.3 is 0 Å². The number of hydrogen-bond donors (Lipinski definition) is 2. The van der Waals surface area contributed by atoms with Gasteiger partial charge in [0.2, 0.25) is 5.09 Å². The number of carbonyl (C=O) groups excluding carboxylic acids is 1. The van der Waals surface area contributed by atoms with Gasteiger partial charge in [-0.1, -0.05) is 0 Å². The van der Waals surface area contributed by atoms with E-state index in [1.165, 1.54) is 20.2 Å². The van der Waals surface area contributed by atoms with Crippen molar-refractivity contribution in [2.45, 2.75) is 30.9 Å². The lowest BCUT2D eigenvalue weighted by Crippen LogP contribution is -2.38. The zero-order valence-electron chi connectivity index (χ0n) is 12.8. The van der Waals surface area contributed by atoms with Gasteiger partial charge in [0.1, 0.15) is 5.76 Å². The molecule has 1 amide bonds. The van der Waals surface area contributed by atoms with Crippen molar-refractivity contribution < 1.29 is 17.6 Å². The molecule has 126 valence electrons. The molecule has 1 aromatic heterocycles. The van der Waals surface area contributed by atoms with Gasteiger partial charge in [-0.15, -0.1) is 12.4 Å². The van der Waals surface area contributed by atoms with Crippen molar-refractivity contribution in [2.24, 2.45) is 11.7 Å². The molecule has 3 N–H and O–H groups in total. The molecule has 0 bridgehead atoms. The Kier molecular flexibility index (Phi) is 6.03. The summed E-state index contributed by atoms with van der Waals surface area (Å²) in [6.07, 6.45) is 2.21. The van der Waals surface area contributed by atoms with Crippen molar-refractivity contribution in [1.82, 2.24) is 9.62 Å². The first kappa shape index (κ1) is 19.0. The molecule has 7 nitrogen and oxygen atoms in total. The SMILES string of the molecule is Cc1oc(S(=O)(=O)N(C)C)cc1C(=O)NCC(N)C1CC1.Cl. The maximum absolute atomic E-state index is 12.1. The summed E-state index contributed by atoms with van der Waals surface area (Å²) in [6.45, 7) is 1.94. The molecule has 0 spiro atoms. The van der Waals surface area contributed by atoms with Crippen molar-refractivity contribution in [2.75, 3.05) is 20.6 Å². The first-order valence-electron chi connectivity index (χ1n) is 6.80. The molecule has 0 aromatic carbocycles. The molecule has 1 fully saturated rings. The molecule has 1 aromatic rings. The number of hydrogen-bond acceptors (Lipinski definition) is 5. The maximum atomic E-state index is 12.1. The van der Waals surface area contributed by atoms with Gasteiger partial charge in [-0.2, -0.15) is 0 Å². The van der Waals surface area contributed by atoms with Gasteiger partial charge in [0.15, 0.2) is 0 Å². The van der Waals surface area contributed by atoms with Crippen LogP contribution in [-0.2, 0) is 10.0 Å². The van der Waals surface area contributed by atoms with Crippen LogP contribution >= 0.6 is 12.4 Å². The highest BCUT2D eigenvalue weighted by atomic mass is 35.5. The van der Waals surface area contributed by atoms with Crippen LogP contribution in [-0.4, -0.2) is 45.3 Å². The van der Waals surface area contributed by atoms with Gasteiger partial charge in [-0.05, 0) is 25.7 Å². The van der Waals surface area contributed by atoms with Gasteiger partial charge in [-0.3, -0.25) is 4.79 Å². The molecule has 1 atom stereocenters. The number of amides is 1. The normalized spacial score (nSPS) is 16.2. The van der Waals surface area contributed by atoms with E-state index in [1.807, 2.05) is 0 Å². The summed E-state index contributed by atoms with van der Waals surface area (Å²) in [7, 11) is -0.876. The van der Waals surface area contributed by atoms with Gasteiger partial charge in [0, 0.05) is 32.7 Å². The minimum atomic E-state index is -3.68. The minimum Gasteiger partial charge on any atom is -0.448 e. The lowest BCUT2D eigenvalue weighted by Gasteiger charge is -2.10. The highest BCUT2D eigenvalue weighted by Crippen LogP contribution is 2.31. The predicted octanol–water partition coefficient (Wildman–Crippen LogP) is 0.727. The van der Waals surface area contributed by atoms with Crippen molar-refractivity contribution in [3.05, 3.63) is 17.4 Å². The van der Waals surface area contributed by atoms with E-state index in [-0.39, 0.29) is 40.8 Å². The van der Waals surface area contributed by atoms with Crippen molar-refractivity contribution in [3.8, 4) is 0 Å². The van der Waals surface area contributed by atoms with Crippen LogP contribution < -0.4 is 11.1 Å². The van der Waals surface area contributed by atoms with E-state index in [0.717, 1.165) is 17.1 Å². The van der Waals surface area contributed by atoms with Gasteiger partial charge in [0.05, 0.1) is 5.56 Å². The number of sulfonamides is 1. The van der Waals surface area contributed by atoms with E-state index >= 15 is 0 Å². The second-order valence-electron chi connectivity index (χ2n) is 5.53. The smallest absolute Gasteiger partial charge is 0.275 e. The number of carbonyl (C=O) groups is 1. The van der Waals surface area contributed by atoms with E-state index < -0.39 is 10.0 Å². The maximum Gasteiger partial charge on any atom is 0.275 e. The molecule has 2 rings (SSSR count). The van der Waals surface area contributed by atoms with Crippen molar-refractivity contribution in [1.29, 1.82) is 0 Å². The average Bonchev–Trinajstić information content (AvgIpc) is 3.18. The zero-order valence-corrected chi connectivity index (χ0v) is 14.5. The fourth-order valence-corrected chi connectivity index (χ4v) is 2.84. The molecule has 22 heavy (non-hydrogen) atoms. The Balaban J connectivity index is 0.00000242. The van der Waals surface area contributed by atoms with Gasteiger partial charge < -0.3 is 15.5 Å². The summed E-state index contributed by atoms with van der Waals surface area (Å²) in [5, 5.41) is 2.49. The number of nitrogens with zero attached hydrogens (tertiary/aromatic N) is 1. The second-order valence-corrected chi connectivity index (χ2v) is 7.62. The summed E-state index contributed by atoms with van der Waals surface area (Å²) in [4.78, 5) is 12.1. The molecule has 1 aliphatic carbocycles. The van der Waals surface area contributed by atoms with Crippen LogP contribution in [0.5, 0.6) is 0 Å². The van der Waals surface area contributed by atoms with E-state index in [9.17, 15) is 13.2 Å². The highest BCUT2D eigenvalue weighted by Gasteiger charge is 2.29. The summed E-state index contributed by atoms with van der Waals surface area (Å²) in [5.41, 5.74) is 6.14. The Morgan fingerprint density at radius 3 is 2.59 bits per heavy atom. The molecule has 1 aliphatic rings. The highest BCUT2D eigenvalue weighted by molar-refractivity contribution is 7.88. The molecular formula is C13H22ClN3O4S. The van der Waals surface area contributed by atoms with Crippen LogP contribution in [0.25, 0.3) is 0 Å². The Labute approximate surface area is 136 Å². The first-order valence-corrected chi connectivity index (χ1v) is 8.24. The average molecular weight is 352 g/mol. The van der Waals surface area contributed by atoms with Crippen LogP contribution in [0.2, 0.25) is 0 Å². The third-order valence-electron chi connectivity index (χ3n) is 3.60. The minimum absolute atomic E-state index is 0. The summed E-state index contributed by atoms with van der Waals surface area (Å²) >= 11 is 0. The quantitative estimate of drug-likeness (QED) is 0.785. The van der Waals surface area contributed by atoms with E-state index in [4.69, 9.17) is 10.2 Å². The number of furan rings is 1. The van der Waals surface area contributed by atoms with Crippen molar-refractivity contribution >= 4 is 28.3 Å². The third-order valence-corrected chi connectivity index (χ3v) is 5.27. The third kappa shape index (κ3) is 4.01. The summed E-state index contributed by atoms with van der Waals surface area (Å²) in [5.74, 6) is 0.390. The van der Waals surface area contributed by atoms with E-state index in [1.54, 1.807) is 6.92 Å². The Morgan fingerprint density at radius 2 is 2.09 bits per heavy atom. The van der Waals surface area contributed by atoms with Crippen LogP contribution in [0.15, 0.2) is 15.6 Å². The summed E-state index contributed by atoms with van der Waals surface area (Å²) < 4.78 is 30.2. The molecular weight excluding hydrogens is 330 g/mol. The number of rotatable bonds is 6. The number of aryl methyl sites for hydroxylation is 1. The lowest BCUT2D eigenvalue weighted by atomic mass is 10.2. The Morgan fingerprint density at radius 1 is 1.50 bits per heavy atom. The predicted molar refractivity (Wildman–Crippen MR) is 84.6 cm³/mol. The lowest BCUT2D eigenvalue weighted by molar-refractivity contribution is 0.0948. The van der Waals surface area contributed by atoms with Crippen LogP contribution in [0, 0.1) is 12.8 Å². The zero-order chi connectivity index (χ0) is 15.8. The molecule has 0 aliphatic heterocycles. The molecule has 9 heteroatoms. The number of nitrogens with one attached hydrogen (secondary N) is 1. The van der Waals surface area contributed by atoms with Crippen LogP contribution in [0.1, 0.15) is 29.0 Å². The topological polar surface area (TPSA) is 106 Å². The standard InChI is InChI=1S/C13H21N3O4S.ClH/c1-8-10(6-12(20-8)21(18,19)16(2)3)13(17)15-7-11(14)9-4-5-9;/h6,9,11H,4-5,7,14H2,1-3H3,(H,15,17);1H. The van der Waals surface area contributed by atoms with Crippen LogP contribution in [0.3, 0.4) is 0 Å². The Bertz CT molecular complexity index is 638. The second kappa shape index (κ2) is 6.99. The number of halogens is 1.